The molecule has 0 aliphatic heterocycles. The standard InChI is InChI=1S/C13H14ClNO2/c14-12-2-1-3-13(8-12)17-7-5-15-9-11-4-6-16-10-11/h1-4,6,8,10,15H,5,7,9H2. The molecule has 1 aromatic carbocycles. The van der Waals surface area contributed by atoms with Crippen molar-refractivity contribution < 1.29 is 9.15 Å². The molecular weight excluding hydrogens is 238 g/mol. The molecule has 1 heterocycles. The number of hydrogen-bond acceptors (Lipinski definition) is 3. The van der Waals surface area contributed by atoms with Gasteiger partial charge >= 0.3 is 0 Å². The van der Waals surface area contributed by atoms with Crippen LogP contribution in [0.3, 0.4) is 0 Å². The minimum Gasteiger partial charge on any atom is -0.492 e. The van der Waals surface area contributed by atoms with E-state index in [2.05, 4.69) is 5.32 Å². The van der Waals surface area contributed by atoms with Crippen molar-refractivity contribution in [1.29, 1.82) is 0 Å². The number of ether oxygens (including phenoxy) is 1. The molecule has 3 nitrogen and oxygen atoms in total. The van der Waals surface area contributed by atoms with Gasteiger partial charge in [-0.3, -0.25) is 0 Å². The van der Waals surface area contributed by atoms with Crippen LogP contribution in [-0.4, -0.2) is 13.2 Å². The van der Waals surface area contributed by atoms with Crippen LogP contribution in [0.5, 0.6) is 5.75 Å². The van der Waals surface area contributed by atoms with E-state index in [-0.39, 0.29) is 0 Å². The van der Waals surface area contributed by atoms with Gasteiger partial charge in [0.1, 0.15) is 12.4 Å². The molecule has 0 amide bonds. The SMILES string of the molecule is Clc1cccc(OCCNCc2ccoc2)c1. The van der Waals surface area contributed by atoms with E-state index in [9.17, 15) is 0 Å². The van der Waals surface area contributed by atoms with Crippen molar-refractivity contribution in [2.75, 3.05) is 13.2 Å². The number of benzene rings is 1. The fourth-order valence-electron chi connectivity index (χ4n) is 1.42. The maximum Gasteiger partial charge on any atom is 0.120 e. The first-order valence-corrected chi connectivity index (χ1v) is 5.82. The zero-order chi connectivity index (χ0) is 11.9. The summed E-state index contributed by atoms with van der Waals surface area (Å²) >= 11 is 5.85. The molecule has 1 N–H and O–H groups in total. The van der Waals surface area contributed by atoms with Crippen LogP contribution in [0.2, 0.25) is 5.02 Å². The van der Waals surface area contributed by atoms with Crippen molar-refractivity contribution in [3.63, 3.8) is 0 Å². The van der Waals surface area contributed by atoms with E-state index in [1.807, 2.05) is 24.3 Å². The molecule has 0 aliphatic carbocycles. The van der Waals surface area contributed by atoms with Gasteiger partial charge in [-0.15, -0.1) is 0 Å². The number of nitrogens with one attached hydrogen (secondary N) is 1. The van der Waals surface area contributed by atoms with E-state index in [0.29, 0.717) is 11.6 Å². The number of furan rings is 1. The van der Waals surface area contributed by atoms with Crippen molar-refractivity contribution in [3.8, 4) is 5.75 Å². The minimum atomic E-state index is 0.609. The second-order valence-corrected chi connectivity index (χ2v) is 4.05. The van der Waals surface area contributed by atoms with Gasteiger partial charge in [0.15, 0.2) is 0 Å². The van der Waals surface area contributed by atoms with E-state index >= 15 is 0 Å². The topological polar surface area (TPSA) is 34.4 Å². The van der Waals surface area contributed by atoms with Gasteiger partial charge in [-0.25, -0.2) is 0 Å². The summed E-state index contributed by atoms with van der Waals surface area (Å²) < 4.78 is 10.5. The minimum absolute atomic E-state index is 0.609. The highest BCUT2D eigenvalue weighted by atomic mass is 35.5. The lowest BCUT2D eigenvalue weighted by Crippen LogP contribution is -2.20. The Morgan fingerprint density at radius 3 is 3.00 bits per heavy atom. The molecule has 0 bridgehead atoms. The van der Waals surface area contributed by atoms with E-state index in [4.69, 9.17) is 20.8 Å². The van der Waals surface area contributed by atoms with Crippen molar-refractivity contribution >= 4 is 11.6 Å². The van der Waals surface area contributed by atoms with Gasteiger partial charge in [-0.2, -0.15) is 0 Å². The molecule has 0 saturated heterocycles. The smallest absolute Gasteiger partial charge is 0.120 e. The molecule has 0 saturated carbocycles. The lowest BCUT2D eigenvalue weighted by molar-refractivity contribution is 0.313. The van der Waals surface area contributed by atoms with E-state index < -0.39 is 0 Å². The van der Waals surface area contributed by atoms with Gasteiger partial charge < -0.3 is 14.5 Å². The summed E-state index contributed by atoms with van der Waals surface area (Å²) in [5.74, 6) is 0.794. The molecule has 4 heteroatoms. The highest BCUT2D eigenvalue weighted by molar-refractivity contribution is 6.30. The highest BCUT2D eigenvalue weighted by Crippen LogP contribution is 2.16. The van der Waals surface area contributed by atoms with Gasteiger partial charge in [0, 0.05) is 23.7 Å². The molecule has 0 atom stereocenters. The monoisotopic (exact) mass is 251 g/mol. The van der Waals surface area contributed by atoms with E-state index in [1.54, 1.807) is 18.6 Å². The van der Waals surface area contributed by atoms with Crippen LogP contribution < -0.4 is 10.1 Å². The quantitative estimate of drug-likeness (QED) is 0.801. The van der Waals surface area contributed by atoms with Crippen LogP contribution >= 0.6 is 11.6 Å². The zero-order valence-corrected chi connectivity index (χ0v) is 10.1. The van der Waals surface area contributed by atoms with E-state index in [0.717, 1.165) is 24.4 Å². The highest BCUT2D eigenvalue weighted by Gasteiger charge is 1.96. The summed E-state index contributed by atoms with van der Waals surface area (Å²) in [6, 6.07) is 9.33. The summed E-state index contributed by atoms with van der Waals surface area (Å²) in [7, 11) is 0. The van der Waals surface area contributed by atoms with Gasteiger partial charge in [0.25, 0.3) is 0 Å². The van der Waals surface area contributed by atoms with Crippen LogP contribution in [0.1, 0.15) is 5.56 Å². The predicted molar refractivity (Wildman–Crippen MR) is 67.4 cm³/mol. The second-order valence-electron chi connectivity index (χ2n) is 3.61. The van der Waals surface area contributed by atoms with Crippen LogP contribution in [0, 0.1) is 0 Å². The van der Waals surface area contributed by atoms with Crippen molar-refractivity contribution in [2.24, 2.45) is 0 Å². The van der Waals surface area contributed by atoms with Crippen molar-refractivity contribution in [2.45, 2.75) is 6.54 Å². The Morgan fingerprint density at radius 1 is 1.29 bits per heavy atom. The fourth-order valence-corrected chi connectivity index (χ4v) is 1.60. The molecule has 2 aromatic rings. The lowest BCUT2D eigenvalue weighted by atomic mass is 10.3. The predicted octanol–water partition coefficient (Wildman–Crippen LogP) is 3.10. The second kappa shape index (κ2) is 6.33. The Morgan fingerprint density at radius 2 is 2.24 bits per heavy atom. The first kappa shape index (κ1) is 12.0. The molecule has 0 spiro atoms. The van der Waals surface area contributed by atoms with Gasteiger partial charge in [0.05, 0.1) is 12.5 Å². The number of rotatable bonds is 6. The Labute approximate surface area is 105 Å². The normalized spacial score (nSPS) is 10.4. The molecule has 0 radical (unpaired) electrons. The van der Waals surface area contributed by atoms with Crippen LogP contribution in [0.4, 0.5) is 0 Å². The van der Waals surface area contributed by atoms with Crippen LogP contribution in [0.25, 0.3) is 0 Å². The third-order valence-corrected chi connectivity index (χ3v) is 2.49. The average Bonchev–Trinajstić information content (AvgIpc) is 2.82. The first-order chi connectivity index (χ1) is 8.34. The molecule has 2 rings (SSSR count). The maximum atomic E-state index is 5.85. The van der Waals surface area contributed by atoms with Crippen molar-refractivity contribution in [3.05, 3.63) is 53.4 Å². The summed E-state index contributed by atoms with van der Waals surface area (Å²) in [4.78, 5) is 0. The molecule has 0 fully saturated rings. The maximum absolute atomic E-state index is 5.85. The number of hydrogen-bond donors (Lipinski definition) is 1. The van der Waals surface area contributed by atoms with Gasteiger partial charge in [-0.05, 0) is 24.3 Å². The summed E-state index contributed by atoms with van der Waals surface area (Å²) in [6.07, 6.45) is 3.39. The first-order valence-electron chi connectivity index (χ1n) is 5.45. The number of halogens is 1. The Bertz CT molecular complexity index is 442. The van der Waals surface area contributed by atoms with Crippen LogP contribution in [0.15, 0.2) is 47.3 Å². The molecule has 90 valence electrons. The van der Waals surface area contributed by atoms with E-state index in [1.165, 1.54) is 0 Å². The fraction of sp³-hybridized carbons (Fsp3) is 0.231. The zero-order valence-electron chi connectivity index (χ0n) is 9.36. The van der Waals surface area contributed by atoms with Crippen LogP contribution in [-0.2, 0) is 6.54 Å². The third-order valence-electron chi connectivity index (χ3n) is 2.25. The molecular formula is C13H14ClNO2. The Hall–Kier alpha value is -1.45. The molecule has 0 unspecified atom stereocenters. The van der Waals surface area contributed by atoms with Crippen molar-refractivity contribution in [1.82, 2.24) is 5.32 Å². The molecule has 17 heavy (non-hydrogen) atoms. The van der Waals surface area contributed by atoms with Gasteiger partial charge in [0.2, 0.25) is 0 Å². The molecule has 0 aliphatic rings. The Kier molecular flexibility index (Phi) is 4.47. The molecule has 1 aromatic heterocycles. The van der Waals surface area contributed by atoms with Gasteiger partial charge in [-0.1, -0.05) is 17.7 Å². The average molecular weight is 252 g/mol. The lowest BCUT2D eigenvalue weighted by Gasteiger charge is -2.07. The largest absolute Gasteiger partial charge is 0.492 e. The summed E-state index contributed by atoms with van der Waals surface area (Å²) in [5.41, 5.74) is 1.13. The summed E-state index contributed by atoms with van der Waals surface area (Å²) in [6.45, 7) is 2.17. The third kappa shape index (κ3) is 4.13. The summed E-state index contributed by atoms with van der Waals surface area (Å²) in [5, 5.41) is 3.94. The Balaban J connectivity index is 1.63.